The van der Waals surface area contributed by atoms with E-state index in [9.17, 15) is 9.59 Å². The number of carbonyl (C=O) groups is 2. The van der Waals surface area contributed by atoms with Crippen LogP contribution in [-0.4, -0.2) is 27.1 Å². The minimum absolute atomic E-state index is 0.210. The fourth-order valence-corrected chi connectivity index (χ4v) is 4.66. The van der Waals surface area contributed by atoms with Gasteiger partial charge in [0.1, 0.15) is 16.9 Å². The van der Waals surface area contributed by atoms with Gasteiger partial charge in [-0.1, -0.05) is 36.4 Å². The Bertz CT molecular complexity index is 1420. The Morgan fingerprint density at radius 3 is 2.57 bits per heavy atom. The number of fused-ring (bicyclic) bond motifs is 1. The minimum Gasteiger partial charge on any atom is -0.463 e. The summed E-state index contributed by atoms with van der Waals surface area (Å²) >= 11 is 0. The summed E-state index contributed by atoms with van der Waals surface area (Å²) in [6.45, 7) is 8.38. The first kappa shape index (κ1) is 22.7. The average molecular weight is 469 g/mol. The molecule has 0 aliphatic carbocycles. The molecule has 1 atom stereocenters. The summed E-state index contributed by atoms with van der Waals surface area (Å²) in [6, 6.07) is 19.1. The molecule has 2 aromatic carbocycles. The van der Waals surface area contributed by atoms with Crippen molar-refractivity contribution in [2.24, 2.45) is 0 Å². The lowest BCUT2D eigenvalue weighted by atomic mass is 9.92. The molecule has 0 radical (unpaired) electrons. The van der Waals surface area contributed by atoms with Crippen LogP contribution in [0.3, 0.4) is 0 Å². The Labute approximate surface area is 204 Å². The highest BCUT2D eigenvalue weighted by molar-refractivity contribution is 6.12. The monoisotopic (exact) mass is 468 g/mol. The Kier molecular flexibility index (Phi) is 5.55. The topological polar surface area (TPSA) is 80.4 Å². The van der Waals surface area contributed by atoms with E-state index < -0.39 is 5.54 Å². The second-order valence-corrected chi connectivity index (χ2v) is 9.29. The first-order valence-corrected chi connectivity index (χ1v) is 11.6. The van der Waals surface area contributed by atoms with Crippen LogP contribution in [-0.2, 0) is 17.9 Å². The first-order valence-electron chi connectivity index (χ1n) is 11.6. The number of hydrogen-bond donors (Lipinski definition) is 1. The molecule has 2 amide bonds. The molecule has 4 aromatic rings. The van der Waals surface area contributed by atoms with Crippen LogP contribution >= 0.6 is 0 Å². The van der Waals surface area contributed by atoms with E-state index in [1.54, 1.807) is 41.0 Å². The van der Waals surface area contributed by atoms with Gasteiger partial charge >= 0.3 is 0 Å². The number of amides is 2. The molecular formula is C28H28N4O3. The van der Waals surface area contributed by atoms with Gasteiger partial charge in [0.2, 0.25) is 5.91 Å². The van der Waals surface area contributed by atoms with Gasteiger partial charge in [-0.2, -0.15) is 5.10 Å². The lowest BCUT2D eigenvalue weighted by Gasteiger charge is -2.43. The van der Waals surface area contributed by atoms with Crippen molar-refractivity contribution in [1.82, 2.24) is 15.1 Å². The smallest absolute Gasteiger partial charge is 0.277 e. The summed E-state index contributed by atoms with van der Waals surface area (Å²) in [5.41, 5.74) is 4.64. The van der Waals surface area contributed by atoms with Gasteiger partial charge in [-0.15, -0.1) is 0 Å². The number of rotatable bonds is 5. The fourth-order valence-electron chi connectivity index (χ4n) is 4.66. The predicted octanol–water partition coefficient (Wildman–Crippen LogP) is 4.80. The second-order valence-electron chi connectivity index (χ2n) is 9.29. The number of furan rings is 1. The number of aromatic nitrogens is 2. The van der Waals surface area contributed by atoms with E-state index in [0.29, 0.717) is 23.7 Å². The number of hydrogen-bond acceptors (Lipinski definition) is 4. The van der Waals surface area contributed by atoms with E-state index >= 15 is 0 Å². The van der Waals surface area contributed by atoms with Crippen LogP contribution in [0, 0.1) is 20.8 Å². The molecule has 178 valence electrons. The molecule has 1 unspecified atom stereocenters. The van der Waals surface area contributed by atoms with Crippen LogP contribution in [0.4, 0.5) is 5.69 Å². The number of nitrogens with one attached hydrogen (secondary N) is 1. The molecule has 7 heteroatoms. The van der Waals surface area contributed by atoms with Crippen LogP contribution in [0.5, 0.6) is 0 Å². The molecule has 3 heterocycles. The van der Waals surface area contributed by atoms with Gasteiger partial charge in [0, 0.05) is 18.3 Å². The van der Waals surface area contributed by atoms with Crippen molar-refractivity contribution in [3.8, 4) is 11.5 Å². The second kappa shape index (κ2) is 8.58. The summed E-state index contributed by atoms with van der Waals surface area (Å²) in [5, 5.41) is 7.69. The molecule has 0 saturated heterocycles. The third-order valence-corrected chi connectivity index (χ3v) is 6.93. The van der Waals surface area contributed by atoms with Gasteiger partial charge < -0.3 is 9.73 Å². The van der Waals surface area contributed by atoms with Crippen LogP contribution in [0.15, 0.2) is 71.3 Å². The lowest BCUT2D eigenvalue weighted by molar-refractivity contribution is -0.126. The molecule has 5 rings (SSSR count). The molecule has 0 spiro atoms. The number of carbonyl (C=O) groups excluding carboxylic acids is 2. The predicted molar refractivity (Wildman–Crippen MR) is 134 cm³/mol. The van der Waals surface area contributed by atoms with Crippen LogP contribution < -0.4 is 10.2 Å². The summed E-state index contributed by atoms with van der Waals surface area (Å²) in [6.07, 6.45) is 1.57. The van der Waals surface area contributed by atoms with Crippen molar-refractivity contribution < 1.29 is 14.0 Å². The number of nitrogens with zero attached hydrogens (tertiary/aromatic N) is 3. The van der Waals surface area contributed by atoms with Gasteiger partial charge in [-0.25, -0.2) is 0 Å². The minimum atomic E-state index is -1.20. The van der Waals surface area contributed by atoms with Crippen molar-refractivity contribution in [1.29, 1.82) is 0 Å². The standard InChI is InChI=1S/C28H28N4O3/c1-18-10-7-12-23(20(18)3)32-26(33)24-15-22(25-13-8-14-35-25)30-31(24)17-28(32,4)27(34)29-16-21-11-6-5-9-19(21)2/h5-15H,16-17H2,1-4H3,(H,29,34). The Morgan fingerprint density at radius 2 is 1.83 bits per heavy atom. The van der Waals surface area contributed by atoms with Crippen molar-refractivity contribution in [3.63, 3.8) is 0 Å². The summed E-state index contributed by atoms with van der Waals surface area (Å²) in [4.78, 5) is 29.4. The average Bonchev–Trinajstić information content (AvgIpc) is 3.51. The first-order chi connectivity index (χ1) is 16.8. The molecule has 1 aliphatic rings. The fraction of sp³-hybridized carbons (Fsp3) is 0.250. The molecule has 0 fully saturated rings. The highest BCUT2D eigenvalue weighted by atomic mass is 16.3. The zero-order chi connectivity index (χ0) is 24.7. The van der Waals surface area contributed by atoms with E-state index in [-0.39, 0.29) is 18.4 Å². The summed E-state index contributed by atoms with van der Waals surface area (Å²) in [5.74, 6) is 0.0585. The van der Waals surface area contributed by atoms with Gasteiger partial charge in [-0.05, 0) is 68.1 Å². The van der Waals surface area contributed by atoms with E-state index in [1.807, 2.05) is 63.2 Å². The van der Waals surface area contributed by atoms with Gasteiger partial charge in [0.05, 0.1) is 12.8 Å². The molecule has 7 nitrogen and oxygen atoms in total. The number of anilines is 1. The molecule has 1 aliphatic heterocycles. The lowest BCUT2D eigenvalue weighted by Crippen LogP contribution is -2.64. The normalized spacial score (nSPS) is 17.4. The van der Waals surface area contributed by atoms with Crippen LogP contribution in [0.1, 0.15) is 39.7 Å². The van der Waals surface area contributed by atoms with E-state index in [2.05, 4.69) is 10.4 Å². The SMILES string of the molecule is Cc1ccccc1CNC(=O)C1(C)Cn2nc(-c3ccco3)cc2C(=O)N1c1cccc(C)c1C. The third kappa shape index (κ3) is 3.83. The van der Waals surface area contributed by atoms with Gasteiger partial charge in [0.15, 0.2) is 5.76 Å². The molecule has 35 heavy (non-hydrogen) atoms. The molecule has 0 saturated carbocycles. The Hall–Kier alpha value is -4.13. The maximum Gasteiger partial charge on any atom is 0.277 e. The molecule has 1 N–H and O–H groups in total. The van der Waals surface area contributed by atoms with Crippen molar-refractivity contribution in [2.45, 2.75) is 46.3 Å². The maximum absolute atomic E-state index is 14.0. The highest BCUT2D eigenvalue weighted by Gasteiger charge is 2.49. The summed E-state index contributed by atoms with van der Waals surface area (Å²) < 4.78 is 7.12. The molecule has 0 bridgehead atoms. The van der Waals surface area contributed by atoms with E-state index in [0.717, 1.165) is 27.9 Å². The zero-order valence-electron chi connectivity index (χ0n) is 20.3. The van der Waals surface area contributed by atoms with Gasteiger partial charge in [0.25, 0.3) is 5.91 Å². The molecular weight excluding hydrogens is 440 g/mol. The van der Waals surface area contributed by atoms with E-state index in [4.69, 9.17) is 4.42 Å². The van der Waals surface area contributed by atoms with Crippen LogP contribution in [0.25, 0.3) is 11.5 Å². The Balaban J connectivity index is 1.57. The van der Waals surface area contributed by atoms with Gasteiger partial charge in [-0.3, -0.25) is 19.2 Å². The number of benzene rings is 2. The quantitative estimate of drug-likeness (QED) is 0.456. The highest BCUT2D eigenvalue weighted by Crippen LogP contribution is 2.36. The number of aryl methyl sites for hydroxylation is 2. The largest absolute Gasteiger partial charge is 0.463 e. The van der Waals surface area contributed by atoms with Crippen LogP contribution in [0.2, 0.25) is 0 Å². The zero-order valence-corrected chi connectivity index (χ0v) is 20.3. The third-order valence-electron chi connectivity index (χ3n) is 6.93. The summed E-state index contributed by atoms with van der Waals surface area (Å²) in [7, 11) is 0. The maximum atomic E-state index is 14.0. The van der Waals surface area contributed by atoms with Crippen molar-refractivity contribution >= 4 is 17.5 Å². The van der Waals surface area contributed by atoms with E-state index in [1.165, 1.54) is 0 Å². The Morgan fingerprint density at radius 1 is 1.06 bits per heavy atom. The van der Waals surface area contributed by atoms with Crippen molar-refractivity contribution in [2.75, 3.05) is 4.90 Å². The van der Waals surface area contributed by atoms with Crippen molar-refractivity contribution in [3.05, 3.63) is 94.9 Å². The molecule has 2 aromatic heterocycles.